The zero-order chi connectivity index (χ0) is 14.1. The molecule has 0 aromatic heterocycles. The lowest BCUT2D eigenvalue weighted by atomic mass is 9.94. The van der Waals surface area contributed by atoms with Crippen LogP contribution in [0.5, 0.6) is 0 Å². The molecule has 3 rings (SSSR count). The molecule has 1 aliphatic rings. The van der Waals surface area contributed by atoms with E-state index in [4.69, 9.17) is 5.73 Å². The molecular weight excluding hydrogens is 255 g/mol. The first-order chi connectivity index (χ1) is 9.63. The van der Waals surface area contributed by atoms with Gasteiger partial charge in [-0.2, -0.15) is 0 Å². The van der Waals surface area contributed by atoms with Crippen LogP contribution in [0.3, 0.4) is 0 Å². The van der Waals surface area contributed by atoms with Crippen molar-refractivity contribution in [1.82, 2.24) is 0 Å². The van der Waals surface area contributed by atoms with E-state index in [0.717, 1.165) is 28.8 Å². The number of hydrogen-bond donors (Lipinski definition) is 2. The average Bonchev–Trinajstić information content (AvgIpc) is 2.47. The molecule has 0 saturated heterocycles. The Morgan fingerprint density at radius 2 is 1.75 bits per heavy atom. The Morgan fingerprint density at radius 1 is 1.05 bits per heavy atom. The molecule has 1 heterocycles. The molecule has 0 spiro atoms. The fourth-order valence-electron chi connectivity index (χ4n) is 2.46. The lowest BCUT2D eigenvalue weighted by Gasteiger charge is -2.20. The number of rotatable bonds is 2. The Kier molecular flexibility index (Phi) is 3.24. The highest BCUT2D eigenvalue weighted by Gasteiger charge is 2.17. The normalized spacial score (nSPS) is 15.4. The van der Waals surface area contributed by atoms with Crippen molar-refractivity contribution in [3.05, 3.63) is 65.0 Å². The van der Waals surface area contributed by atoms with Gasteiger partial charge in [0.25, 0.3) is 0 Å². The van der Waals surface area contributed by atoms with Gasteiger partial charge in [0.15, 0.2) is 0 Å². The number of halogens is 1. The van der Waals surface area contributed by atoms with Crippen LogP contribution in [0.25, 0.3) is 0 Å². The zero-order valence-corrected chi connectivity index (χ0v) is 10.9. The number of nitrogens with one attached hydrogen (secondary N) is 1. The van der Waals surface area contributed by atoms with Gasteiger partial charge in [-0.1, -0.05) is 24.3 Å². The third-order valence-corrected chi connectivity index (χ3v) is 3.61. The number of aryl methyl sites for hydroxylation is 1. The maximum Gasteiger partial charge on any atom is 0.224 e. The summed E-state index contributed by atoms with van der Waals surface area (Å²) in [5.74, 6) is -0.220. The van der Waals surface area contributed by atoms with Gasteiger partial charge in [-0.05, 0) is 41.3 Å². The Hall–Kier alpha value is -2.20. The predicted molar refractivity (Wildman–Crippen MR) is 75.8 cm³/mol. The second-order valence-corrected chi connectivity index (χ2v) is 4.99. The fraction of sp³-hybridized carbons (Fsp3) is 0.188. The largest absolute Gasteiger partial charge is 0.326 e. The lowest BCUT2D eigenvalue weighted by molar-refractivity contribution is -0.116. The summed E-state index contributed by atoms with van der Waals surface area (Å²) >= 11 is 0. The van der Waals surface area contributed by atoms with E-state index in [0.29, 0.717) is 6.42 Å². The highest BCUT2D eigenvalue weighted by atomic mass is 19.1. The lowest BCUT2D eigenvalue weighted by Crippen LogP contribution is -2.20. The Labute approximate surface area is 116 Å². The Morgan fingerprint density at radius 3 is 2.50 bits per heavy atom. The summed E-state index contributed by atoms with van der Waals surface area (Å²) in [5, 5.41) is 2.84. The van der Waals surface area contributed by atoms with E-state index in [-0.39, 0.29) is 17.8 Å². The quantitative estimate of drug-likeness (QED) is 0.881. The SMILES string of the molecule is NC(c1ccc(F)cc1)c1ccc2c(c1)CCC(=O)N2. The molecule has 3 N–H and O–H groups in total. The van der Waals surface area contributed by atoms with Gasteiger partial charge in [0.05, 0.1) is 6.04 Å². The van der Waals surface area contributed by atoms with Crippen LogP contribution in [0, 0.1) is 5.82 Å². The van der Waals surface area contributed by atoms with Crippen LogP contribution in [0.1, 0.15) is 29.2 Å². The maximum absolute atomic E-state index is 12.9. The van der Waals surface area contributed by atoms with Gasteiger partial charge in [0, 0.05) is 12.1 Å². The molecule has 2 aromatic carbocycles. The summed E-state index contributed by atoms with van der Waals surface area (Å²) in [6, 6.07) is 11.7. The van der Waals surface area contributed by atoms with Gasteiger partial charge in [-0.15, -0.1) is 0 Å². The molecule has 0 saturated carbocycles. The van der Waals surface area contributed by atoms with E-state index >= 15 is 0 Å². The summed E-state index contributed by atoms with van der Waals surface area (Å²) in [5.41, 5.74) is 10.0. The molecule has 0 radical (unpaired) electrons. The minimum Gasteiger partial charge on any atom is -0.326 e. The van der Waals surface area contributed by atoms with Crippen molar-refractivity contribution in [3.63, 3.8) is 0 Å². The van der Waals surface area contributed by atoms with Gasteiger partial charge >= 0.3 is 0 Å². The fourth-order valence-corrected chi connectivity index (χ4v) is 2.46. The minimum atomic E-state index is -0.293. The van der Waals surface area contributed by atoms with Crippen molar-refractivity contribution >= 4 is 11.6 Å². The van der Waals surface area contributed by atoms with Crippen molar-refractivity contribution < 1.29 is 9.18 Å². The third kappa shape index (κ3) is 2.42. The molecule has 4 heteroatoms. The first-order valence-corrected chi connectivity index (χ1v) is 6.57. The van der Waals surface area contributed by atoms with E-state index < -0.39 is 0 Å². The molecule has 1 atom stereocenters. The number of anilines is 1. The van der Waals surface area contributed by atoms with Gasteiger partial charge in [0.2, 0.25) is 5.91 Å². The van der Waals surface area contributed by atoms with Crippen molar-refractivity contribution in [2.75, 3.05) is 5.32 Å². The smallest absolute Gasteiger partial charge is 0.224 e. The molecular formula is C16H15FN2O. The van der Waals surface area contributed by atoms with E-state index in [1.54, 1.807) is 12.1 Å². The van der Waals surface area contributed by atoms with Crippen LogP contribution in [0.2, 0.25) is 0 Å². The first kappa shape index (κ1) is 12.8. The standard InChI is InChI=1S/C16H15FN2O/c17-13-5-1-10(2-6-13)16(18)12-3-7-14-11(9-12)4-8-15(20)19-14/h1-3,5-7,9,16H,4,8,18H2,(H,19,20). The maximum atomic E-state index is 12.9. The third-order valence-electron chi connectivity index (χ3n) is 3.61. The molecule has 1 amide bonds. The van der Waals surface area contributed by atoms with E-state index in [9.17, 15) is 9.18 Å². The number of carbonyl (C=O) groups excluding carboxylic acids is 1. The van der Waals surface area contributed by atoms with Crippen molar-refractivity contribution in [3.8, 4) is 0 Å². The van der Waals surface area contributed by atoms with Crippen LogP contribution in [-0.2, 0) is 11.2 Å². The van der Waals surface area contributed by atoms with Crippen LogP contribution in [-0.4, -0.2) is 5.91 Å². The van der Waals surface area contributed by atoms with E-state index in [1.807, 2.05) is 18.2 Å². The van der Waals surface area contributed by atoms with Crippen LogP contribution < -0.4 is 11.1 Å². The Bertz CT molecular complexity index is 652. The van der Waals surface area contributed by atoms with Crippen LogP contribution >= 0.6 is 0 Å². The second kappa shape index (κ2) is 5.06. The number of fused-ring (bicyclic) bond motifs is 1. The molecule has 1 unspecified atom stereocenters. The average molecular weight is 270 g/mol. The summed E-state index contributed by atoms with van der Waals surface area (Å²) < 4.78 is 12.9. The second-order valence-electron chi connectivity index (χ2n) is 4.99. The highest BCUT2D eigenvalue weighted by Crippen LogP contribution is 2.27. The topological polar surface area (TPSA) is 55.1 Å². The van der Waals surface area contributed by atoms with Gasteiger partial charge in [-0.3, -0.25) is 4.79 Å². The van der Waals surface area contributed by atoms with Gasteiger partial charge in [-0.25, -0.2) is 4.39 Å². The number of nitrogens with two attached hydrogens (primary N) is 1. The number of benzene rings is 2. The number of carbonyl (C=O) groups is 1. The van der Waals surface area contributed by atoms with E-state index in [2.05, 4.69) is 5.32 Å². The summed E-state index contributed by atoms with van der Waals surface area (Å²) in [6.45, 7) is 0. The number of hydrogen-bond acceptors (Lipinski definition) is 2. The molecule has 0 bridgehead atoms. The zero-order valence-electron chi connectivity index (χ0n) is 10.9. The Balaban J connectivity index is 1.90. The van der Waals surface area contributed by atoms with Crippen LogP contribution in [0.15, 0.2) is 42.5 Å². The highest BCUT2D eigenvalue weighted by molar-refractivity contribution is 5.93. The predicted octanol–water partition coefficient (Wildman–Crippen LogP) is 2.76. The summed E-state index contributed by atoms with van der Waals surface area (Å²) in [7, 11) is 0. The molecule has 102 valence electrons. The molecule has 0 fully saturated rings. The molecule has 3 nitrogen and oxygen atoms in total. The van der Waals surface area contributed by atoms with Crippen molar-refractivity contribution in [2.24, 2.45) is 5.73 Å². The monoisotopic (exact) mass is 270 g/mol. The number of amides is 1. The van der Waals surface area contributed by atoms with Crippen molar-refractivity contribution in [2.45, 2.75) is 18.9 Å². The minimum absolute atomic E-state index is 0.0492. The van der Waals surface area contributed by atoms with Crippen LogP contribution in [0.4, 0.5) is 10.1 Å². The van der Waals surface area contributed by atoms with Gasteiger partial charge < -0.3 is 11.1 Å². The summed E-state index contributed by atoms with van der Waals surface area (Å²) in [6.07, 6.45) is 1.23. The van der Waals surface area contributed by atoms with E-state index in [1.165, 1.54) is 12.1 Å². The first-order valence-electron chi connectivity index (χ1n) is 6.57. The van der Waals surface area contributed by atoms with Crippen molar-refractivity contribution in [1.29, 1.82) is 0 Å². The molecule has 0 aliphatic carbocycles. The molecule has 20 heavy (non-hydrogen) atoms. The van der Waals surface area contributed by atoms with Gasteiger partial charge in [0.1, 0.15) is 5.82 Å². The summed E-state index contributed by atoms with van der Waals surface area (Å²) in [4.78, 5) is 11.3. The molecule has 1 aliphatic heterocycles. The molecule has 2 aromatic rings.